The van der Waals surface area contributed by atoms with Gasteiger partial charge in [-0.25, -0.2) is 5.14 Å². The van der Waals surface area contributed by atoms with Crippen molar-refractivity contribution in [3.63, 3.8) is 0 Å². The van der Waals surface area contributed by atoms with Gasteiger partial charge in [-0.1, -0.05) is 6.92 Å². The summed E-state index contributed by atoms with van der Waals surface area (Å²) < 4.78 is 22.7. The van der Waals surface area contributed by atoms with E-state index in [4.69, 9.17) is 10.9 Å². The van der Waals surface area contributed by atoms with Gasteiger partial charge in [0.05, 0.1) is 0 Å². The molecule has 68 valence electrons. The second kappa shape index (κ2) is 4.66. The predicted molar refractivity (Wildman–Crippen MR) is 44.0 cm³/mol. The van der Waals surface area contributed by atoms with Crippen molar-refractivity contribution in [1.29, 1.82) is 0 Å². The van der Waals surface area contributed by atoms with Crippen LogP contribution in [0.3, 0.4) is 0 Å². The van der Waals surface area contributed by atoms with E-state index in [9.17, 15) is 8.42 Å². The van der Waals surface area contributed by atoms with Crippen molar-refractivity contribution >= 4 is 10.2 Å². The van der Waals surface area contributed by atoms with Crippen LogP contribution in [0.4, 0.5) is 0 Å². The van der Waals surface area contributed by atoms with Crippen LogP contribution in [0.5, 0.6) is 0 Å². The first-order chi connectivity index (χ1) is 5.02. The fourth-order valence-electron chi connectivity index (χ4n) is 0.760. The first kappa shape index (κ1) is 10.8. The van der Waals surface area contributed by atoms with Gasteiger partial charge in [-0.15, -0.1) is 0 Å². The lowest BCUT2D eigenvalue weighted by Gasteiger charge is -2.16. The number of nitrogens with two attached hydrogens (primary N) is 2. The Morgan fingerprint density at radius 3 is 2.18 bits per heavy atom. The fraction of sp³-hybridized carbons (Fsp3) is 1.00. The summed E-state index contributed by atoms with van der Waals surface area (Å²) in [5.41, 5.74) is 5.19. The van der Waals surface area contributed by atoms with Crippen molar-refractivity contribution in [2.24, 2.45) is 10.9 Å². The van der Waals surface area contributed by atoms with Crippen LogP contribution in [0.2, 0.25) is 0 Å². The molecule has 11 heavy (non-hydrogen) atoms. The van der Waals surface area contributed by atoms with Crippen molar-refractivity contribution in [2.75, 3.05) is 19.6 Å². The van der Waals surface area contributed by atoms with Crippen molar-refractivity contribution in [2.45, 2.75) is 13.3 Å². The maximum absolute atomic E-state index is 10.8. The van der Waals surface area contributed by atoms with E-state index in [0.717, 1.165) is 6.42 Å². The van der Waals surface area contributed by atoms with E-state index >= 15 is 0 Å². The molecule has 0 fully saturated rings. The molecular formula is C5H15N3O2S. The maximum atomic E-state index is 10.8. The average Bonchev–Trinajstić information content (AvgIpc) is 1.85. The monoisotopic (exact) mass is 181 g/mol. The van der Waals surface area contributed by atoms with Gasteiger partial charge in [0.2, 0.25) is 0 Å². The summed E-state index contributed by atoms with van der Waals surface area (Å²) in [5.74, 6) is 0. The SMILES string of the molecule is CCCN(CCN)S(N)(=O)=O. The first-order valence-corrected chi connectivity index (χ1v) is 5.00. The number of hydrogen-bond donors (Lipinski definition) is 2. The third kappa shape index (κ3) is 4.31. The van der Waals surface area contributed by atoms with Gasteiger partial charge in [0.15, 0.2) is 0 Å². The summed E-state index contributed by atoms with van der Waals surface area (Å²) in [7, 11) is -3.54. The molecule has 0 rings (SSSR count). The Bertz CT molecular complexity index is 184. The third-order valence-corrected chi connectivity index (χ3v) is 2.30. The van der Waals surface area contributed by atoms with Crippen LogP contribution in [0.15, 0.2) is 0 Å². The van der Waals surface area contributed by atoms with Crippen LogP contribution in [0.1, 0.15) is 13.3 Å². The molecule has 0 unspecified atom stereocenters. The van der Waals surface area contributed by atoms with Gasteiger partial charge < -0.3 is 5.73 Å². The number of rotatable bonds is 5. The Labute approximate surface area is 67.5 Å². The lowest BCUT2D eigenvalue weighted by molar-refractivity contribution is 0.419. The molecule has 5 nitrogen and oxygen atoms in total. The van der Waals surface area contributed by atoms with Gasteiger partial charge in [-0.05, 0) is 6.42 Å². The largest absolute Gasteiger partial charge is 0.329 e. The van der Waals surface area contributed by atoms with E-state index in [1.54, 1.807) is 0 Å². The average molecular weight is 181 g/mol. The van der Waals surface area contributed by atoms with Crippen LogP contribution in [-0.4, -0.2) is 32.4 Å². The van der Waals surface area contributed by atoms with Crippen molar-refractivity contribution < 1.29 is 8.42 Å². The van der Waals surface area contributed by atoms with E-state index < -0.39 is 10.2 Å². The van der Waals surface area contributed by atoms with Crippen LogP contribution in [0.25, 0.3) is 0 Å². The van der Waals surface area contributed by atoms with Crippen LogP contribution in [0, 0.1) is 0 Å². The lowest BCUT2D eigenvalue weighted by Crippen LogP contribution is -2.40. The normalized spacial score (nSPS) is 12.4. The minimum absolute atomic E-state index is 0.298. The molecule has 0 saturated heterocycles. The molecule has 0 bridgehead atoms. The Morgan fingerprint density at radius 1 is 1.36 bits per heavy atom. The highest BCUT2D eigenvalue weighted by Gasteiger charge is 2.13. The molecule has 0 aliphatic rings. The Morgan fingerprint density at radius 2 is 1.91 bits per heavy atom. The molecule has 0 aromatic rings. The molecule has 6 heteroatoms. The Hall–Kier alpha value is -0.170. The molecule has 0 atom stereocenters. The van der Waals surface area contributed by atoms with Gasteiger partial charge in [0.1, 0.15) is 0 Å². The van der Waals surface area contributed by atoms with Gasteiger partial charge in [0, 0.05) is 19.6 Å². The molecule has 4 N–H and O–H groups in total. The number of hydrogen-bond acceptors (Lipinski definition) is 3. The molecule has 0 radical (unpaired) electrons. The topological polar surface area (TPSA) is 89.4 Å². The van der Waals surface area contributed by atoms with E-state index in [2.05, 4.69) is 0 Å². The third-order valence-electron chi connectivity index (χ3n) is 1.21. The van der Waals surface area contributed by atoms with Crippen LogP contribution >= 0.6 is 0 Å². The molecule has 0 aromatic carbocycles. The van der Waals surface area contributed by atoms with Gasteiger partial charge in [-0.3, -0.25) is 0 Å². The van der Waals surface area contributed by atoms with Crippen molar-refractivity contribution in [3.8, 4) is 0 Å². The smallest absolute Gasteiger partial charge is 0.276 e. The van der Waals surface area contributed by atoms with Crippen molar-refractivity contribution in [1.82, 2.24) is 4.31 Å². The summed E-state index contributed by atoms with van der Waals surface area (Å²) in [6.07, 6.45) is 0.746. The fourth-order valence-corrected chi connectivity index (χ4v) is 1.56. The van der Waals surface area contributed by atoms with E-state index in [1.165, 1.54) is 4.31 Å². The quantitative estimate of drug-likeness (QED) is 0.562. The van der Waals surface area contributed by atoms with Gasteiger partial charge in [0.25, 0.3) is 10.2 Å². The minimum Gasteiger partial charge on any atom is -0.329 e. The Kier molecular flexibility index (Phi) is 4.58. The van der Waals surface area contributed by atoms with Crippen LogP contribution in [-0.2, 0) is 10.2 Å². The highest BCUT2D eigenvalue weighted by atomic mass is 32.2. The highest BCUT2D eigenvalue weighted by Crippen LogP contribution is 1.94. The molecular weight excluding hydrogens is 166 g/mol. The second-order valence-electron chi connectivity index (χ2n) is 2.23. The first-order valence-electron chi connectivity index (χ1n) is 3.50. The molecule has 0 saturated carbocycles. The van der Waals surface area contributed by atoms with Crippen molar-refractivity contribution in [3.05, 3.63) is 0 Å². The standard InChI is InChI=1S/C5H15N3O2S/c1-2-4-8(5-3-6)11(7,9)10/h2-6H2,1H3,(H2,7,9,10). The minimum atomic E-state index is -3.54. The summed E-state index contributed by atoms with van der Waals surface area (Å²) in [6, 6.07) is 0. The summed E-state index contributed by atoms with van der Waals surface area (Å²) in [4.78, 5) is 0. The molecule has 0 spiro atoms. The molecule has 0 aliphatic heterocycles. The van der Waals surface area contributed by atoms with Gasteiger partial charge >= 0.3 is 0 Å². The predicted octanol–water partition coefficient (Wildman–Crippen LogP) is -1.14. The van der Waals surface area contributed by atoms with Gasteiger partial charge in [-0.2, -0.15) is 12.7 Å². The second-order valence-corrected chi connectivity index (χ2v) is 3.78. The summed E-state index contributed by atoms with van der Waals surface area (Å²) in [6.45, 7) is 2.92. The van der Waals surface area contributed by atoms with E-state index in [1.807, 2.05) is 6.92 Å². The zero-order valence-corrected chi connectivity index (χ0v) is 7.47. The molecule has 0 aliphatic carbocycles. The summed E-state index contributed by atoms with van der Waals surface area (Å²) >= 11 is 0. The molecule has 0 aromatic heterocycles. The van der Waals surface area contributed by atoms with Crippen LogP contribution < -0.4 is 10.9 Å². The zero-order chi connectivity index (χ0) is 8.91. The lowest BCUT2D eigenvalue weighted by atomic mass is 10.5. The zero-order valence-electron chi connectivity index (χ0n) is 6.66. The summed E-state index contributed by atoms with van der Waals surface area (Å²) in [5, 5.41) is 4.89. The Balaban J connectivity index is 4.11. The molecule has 0 amide bonds. The molecule has 0 heterocycles. The highest BCUT2D eigenvalue weighted by molar-refractivity contribution is 7.86. The van der Waals surface area contributed by atoms with E-state index in [0.29, 0.717) is 19.6 Å². The maximum Gasteiger partial charge on any atom is 0.276 e. The van der Waals surface area contributed by atoms with E-state index in [-0.39, 0.29) is 0 Å². The number of nitrogens with zero attached hydrogens (tertiary/aromatic N) is 1.